The smallest absolute Gasteiger partial charge is 0.321 e. The average molecular weight is 432 g/mol. The lowest BCUT2D eigenvalue weighted by Crippen LogP contribution is -2.40. The number of ether oxygens (including phenoxy) is 2. The number of carbonyl (C=O) groups is 2. The van der Waals surface area contributed by atoms with Gasteiger partial charge in [-0.05, 0) is 42.8 Å². The number of carboxylic acid groups (broad SMARTS) is 1. The molecule has 0 aliphatic heterocycles. The van der Waals surface area contributed by atoms with Crippen LogP contribution in [-0.2, 0) is 16.0 Å². The Balaban J connectivity index is 1.94. The van der Waals surface area contributed by atoms with Gasteiger partial charge in [0, 0.05) is 11.8 Å². The molecule has 1 unspecified atom stereocenters. The number of carboxylic acids is 1. The van der Waals surface area contributed by atoms with Crippen LogP contribution in [0.5, 0.6) is 11.5 Å². The Morgan fingerprint density at radius 1 is 1.16 bits per heavy atom. The van der Waals surface area contributed by atoms with Crippen molar-refractivity contribution < 1.29 is 29.1 Å². The summed E-state index contributed by atoms with van der Waals surface area (Å²) in [6.07, 6.45) is 0.134. The SMILES string of the molecule is COc1ccc(CCNC(CC(=O)Nc2ccc(N)c([N+](=O)[O-])c2)C(=O)O)cc1OC. The highest BCUT2D eigenvalue weighted by molar-refractivity contribution is 5.94. The minimum atomic E-state index is -1.19. The average Bonchev–Trinajstić information content (AvgIpc) is 2.73. The van der Waals surface area contributed by atoms with Crippen LogP contribution >= 0.6 is 0 Å². The number of carbonyl (C=O) groups excluding carboxylic acids is 1. The van der Waals surface area contributed by atoms with E-state index in [1.54, 1.807) is 12.1 Å². The van der Waals surface area contributed by atoms with Crippen molar-refractivity contribution in [3.63, 3.8) is 0 Å². The normalized spacial score (nSPS) is 11.4. The van der Waals surface area contributed by atoms with Gasteiger partial charge >= 0.3 is 5.97 Å². The van der Waals surface area contributed by atoms with Gasteiger partial charge < -0.3 is 30.9 Å². The van der Waals surface area contributed by atoms with Crippen LogP contribution in [0, 0.1) is 10.1 Å². The molecule has 0 bridgehead atoms. The molecule has 31 heavy (non-hydrogen) atoms. The summed E-state index contributed by atoms with van der Waals surface area (Å²) in [4.78, 5) is 34.0. The molecule has 1 amide bonds. The fraction of sp³-hybridized carbons (Fsp3) is 0.300. The molecule has 0 heterocycles. The van der Waals surface area contributed by atoms with E-state index in [-0.39, 0.29) is 23.5 Å². The molecule has 0 aromatic heterocycles. The Hall–Kier alpha value is -3.86. The van der Waals surface area contributed by atoms with Crippen molar-refractivity contribution in [2.24, 2.45) is 0 Å². The first kappa shape index (κ1) is 23.4. The van der Waals surface area contributed by atoms with Crippen molar-refractivity contribution in [1.82, 2.24) is 5.32 Å². The zero-order valence-electron chi connectivity index (χ0n) is 17.1. The number of amides is 1. The van der Waals surface area contributed by atoms with Crippen LogP contribution in [0.1, 0.15) is 12.0 Å². The molecule has 2 aromatic rings. The van der Waals surface area contributed by atoms with Gasteiger partial charge in [0.25, 0.3) is 5.69 Å². The van der Waals surface area contributed by atoms with E-state index in [0.29, 0.717) is 24.5 Å². The number of methoxy groups -OCH3 is 2. The largest absolute Gasteiger partial charge is 0.493 e. The van der Waals surface area contributed by atoms with Crippen LogP contribution < -0.4 is 25.8 Å². The summed E-state index contributed by atoms with van der Waals surface area (Å²) >= 11 is 0. The van der Waals surface area contributed by atoms with E-state index in [9.17, 15) is 24.8 Å². The van der Waals surface area contributed by atoms with Crippen LogP contribution in [0.4, 0.5) is 17.1 Å². The predicted octanol–water partition coefficient (Wildman–Crippen LogP) is 1.81. The summed E-state index contributed by atoms with van der Waals surface area (Å²) in [5.41, 5.74) is 6.19. The number of nitrogen functional groups attached to an aromatic ring is 1. The summed E-state index contributed by atoms with van der Waals surface area (Å²) in [6.45, 7) is 0.299. The molecule has 0 fully saturated rings. The van der Waals surface area contributed by atoms with E-state index in [0.717, 1.165) is 11.6 Å². The lowest BCUT2D eigenvalue weighted by molar-refractivity contribution is -0.383. The molecular weight excluding hydrogens is 408 g/mol. The number of nitro benzene ring substituents is 1. The lowest BCUT2D eigenvalue weighted by atomic mass is 10.1. The Morgan fingerprint density at radius 2 is 1.87 bits per heavy atom. The Bertz CT molecular complexity index is 965. The Kier molecular flexibility index (Phi) is 8.15. The van der Waals surface area contributed by atoms with Crippen LogP contribution in [-0.4, -0.2) is 48.7 Å². The van der Waals surface area contributed by atoms with E-state index in [2.05, 4.69) is 10.6 Å². The van der Waals surface area contributed by atoms with E-state index in [1.165, 1.54) is 26.4 Å². The maximum atomic E-state index is 12.2. The number of anilines is 2. The fourth-order valence-corrected chi connectivity index (χ4v) is 2.85. The molecule has 0 aliphatic carbocycles. The molecule has 0 saturated heterocycles. The van der Waals surface area contributed by atoms with Crippen molar-refractivity contribution in [2.45, 2.75) is 18.9 Å². The molecule has 0 spiro atoms. The van der Waals surface area contributed by atoms with Crippen molar-refractivity contribution in [3.8, 4) is 11.5 Å². The topological polar surface area (TPSA) is 166 Å². The zero-order valence-corrected chi connectivity index (χ0v) is 17.1. The number of nitro groups is 1. The van der Waals surface area contributed by atoms with E-state index >= 15 is 0 Å². The van der Waals surface area contributed by atoms with Crippen molar-refractivity contribution >= 4 is 28.9 Å². The van der Waals surface area contributed by atoms with Crippen molar-refractivity contribution in [3.05, 3.63) is 52.1 Å². The monoisotopic (exact) mass is 432 g/mol. The number of hydrogen-bond donors (Lipinski definition) is 4. The van der Waals surface area contributed by atoms with E-state index in [1.807, 2.05) is 6.07 Å². The second-order valence-corrected chi connectivity index (χ2v) is 6.57. The molecule has 0 aliphatic rings. The number of aliphatic carboxylic acids is 1. The quantitative estimate of drug-likeness (QED) is 0.235. The first-order valence-corrected chi connectivity index (χ1v) is 9.26. The molecule has 11 heteroatoms. The van der Waals surface area contributed by atoms with Gasteiger partial charge in [0.2, 0.25) is 5.91 Å². The lowest BCUT2D eigenvalue weighted by Gasteiger charge is -2.15. The van der Waals surface area contributed by atoms with Gasteiger partial charge in [-0.1, -0.05) is 6.07 Å². The molecule has 166 valence electrons. The van der Waals surface area contributed by atoms with Crippen molar-refractivity contribution in [2.75, 3.05) is 31.8 Å². The van der Waals surface area contributed by atoms with Crippen molar-refractivity contribution in [1.29, 1.82) is 0 Å². The molecule has 0 saturated carbocycles. The third kappa shape index (κ3) is 6.57. The molecule has 1 atom stereocenters. The van der Waals surface area contributed by atoms with Crippen LogP contribution in [0.3, 0.4) is 0 Å². The summed E-state index contributed by atoms with van der Waals surface area (Å²) in [7, 11) is 3.05. The summed E-state index contributed by atoms with van der Waals surface area (Å²) in [5, 5.41) is 25.6. The molecule has 2 aromatic carbocycles. The number of nitrogens with one attached hydrogen (secondary N) is 2. The fourth-order valence-electron chi connectivity index (χ4n) is 2.85. The number of nitrogens with two attached hydrogens (primary N) is 1. The van der Waals surface area contributed by atoms with Gasteiger partial charge in [-0.25, -0.2) is 0 Å². The highest BCUT2D eigenvalue weighted by Crippen LogP contribution is 2.27. The first-order chi connectivity index (χ1) is 14.7. The minimum absolute atomic E-state index is 0.0387. The number of rotatable bonds is 11. The number of nitrogens with zero attached hydrogens (tertiary/aromatic N) is 1. The highest BCUT2D eigenvalue weighted by Gasteiger charge is 2.21. The summed E-state index contributed by atoms with van der Waals surface area (Å²) < 4.78 is 10.4. The second-order valence-electron chi connectivity index (χ2n) is 6.57. The predicted molar refractivity (Wildman–Crippen MR) is 113 cm³/mol. The maximum absolute atomic E-state index is 12.2. The third-order valence-corrected chi connectivity index (χ3v) is 4.45. The second kappa shape index (κ2) is 10.8. The number of hydrogen-bond acceptors (Lipinski definition) is 8. The summed E-state index contributed by atoms with van der Waals surface area (Å²) in [6, 6.07) is 8.06. The Morgan fingerprint density at radius 3 is 2.48 bits per heavy atom. The van der Waals surface area contributed by atoms with Crippen LogP contribution in [0.15, 0.2) is 36.4 Å². The highest BCUT2D eigenvalue weighted by atomic mass is 16.6. The third-order valence-electron chi connectivity index (χ3n) is 4.45. The Labute approximate surface area is 178 Å². The molecule has 2 rings (SSSR count). The summed E-state index contributed by atoms with van der Waals surface area (Å²) in [5.74, 6) is -0.648. The van der Waals surface area contributed by atoms with Crippen LogP contribution in [0.2, 0.25) is 0 Å². The van der Waals surface area contributed by atoms with Gasteiger partial charge in [0.05, 0.1) is 25.6 Å². The van der Waals surface area contributed by atoms with Gasteiger partial charge in [-0.3, -0.25) is 19.7 Å². The van der Waals surface area contributed by atoms with E-state index in [4.69, 9.17) is 15.2 Å². The van der Waals surface area contributed by atoms with Gasteiger partial charge in [0.15, 0.2) is 11.5 Å². The van der Waals surface area contributed by atoms with Crippen LogP contribution in [0.25, 0.3) is 0 Å². The van der Waals surface area contributed by atoms with Gasteiger partial charge in [-0.15, -0.1) is 0 Å². The number of benzene rings is 2. The minimum Gasteiger partial charge on any atom is -0.493 e. The zero-order chi connectivity index (χ0) is 23.0. The molecule has 5 N–H and O–H groups in total. The standard InChI is InChI=1S/C20H24N4O7/c1-30-17-6-3-12(9-18(17)31-2)7-8-22-15(20(26)27)11-19(25)23-13-4-5-14(21)16(10-13)24(28)29/h3-6,9-10,15,22H,7-8,11,21H2,1-2H3,(H,23,25)(H,26,27). The first-order valence-electron chi connectivity index (χ1n) is 9.26. The molecule has 11 nitrogen and oxygen atoms in total. The molecule has 0 radical (unpaired) electrons. The van der Waals surface area contributed by atoms with Gasteiger partial charge in [0.1, 0.15) is 11.7 Å². The van der Waals surface area contributed by atoms with Gasteiger partial charge in [-0.2, -0.15) is 0 Å². The van der Waals surface area contributed by atoms with E-state index < -0.39 is 22.8 Å². The maximum Gasteiger partial charge on any atom is 0.321 e. The molecular formula is C20H24N4O7.